The predicted octanol–water partition coefficient (Wildman–Crippen LogP) is 5.22. The summed E-state index contributed by atoms with van der Waals surface area (Å²) in [6, 6.07) is 16.7. The summed E-state index contributed by atoms with van der Waals surface area (Å²) in [6.45, 7) is 0.226. The number of anilines is 1. The Bertz CT molecular complexity index is 1390. The van der Waals surface area contributed by atoms with Crippen LogP contribution in [0, 0.1) is 11.3 Å². The molecule has 0 fully saturated rings. The van der Waals surface area contributed by atoms with E-state index in [4.69, 9.17) is 48.9 Å². The average molecular weight is 493 g/mol. The van der Waals surface area contributed by atoms with Crippen molar-refractivity contribution in [1.82, 2.24) is 4.98 Å². The second kappa shape index (κ2) is 8.92. The summed E-state index contributed by atoms with van der Waals surface area (Å²) in [6.07, 6.45) is 1.62. The Morgan fingerprint density at radius 2 is 1.82 bits per heavy atom. The number of pyridine rings is 1. The summed E-state index contributed by atoms with van der Waals surface area (Å²) >= 11 is 12.3. The summed E-state index contributed by atoms with van der Waals surface area (Å²) in [5.74, 6) is 0.564. The lowest BCUT2D eigenvalue weighted by molar-refractivity contribution is 0.0229. The lowest BCUT2D eigenvalue weighted by Crippen LogP contribution is -2.25. The minimum absolute atomic E-state index is 0.0224. The van der Waals surface area contributed by atoms with Gasteiger partial charge in [-0.2, -0.15) is 5.26 Å². The maximum atomic E-state index is 9.93. The standard InChI is InChI=1S/C25H18Cl2N4O3/c26-20-8-22(27)31-10-18(20)13-1-3-14(4-2-13)23-17(9-28)25(30)34-24-16-7-15(29)5-6-21(16)33-12-32-11-19(23)24/h1-8,10,23H,11-12,29-30H2. The van der Waals surface area contributed by atoms with E-state index >= 15 is 0 Å². The van der Waals surface area contributed by atoms with E-state index in [0.29, 0.717) is 38.5 Å². The molecule has 2 aliphatic heterocycles. The zero-order chi connectivity index (χ0) is 23.8. The number of benzene rings is 2. The van der Waals surface area contributed by atoms with Crippen molar-refractivity contribution in [3.05, 3.63) is 93.1 Å². The molecule has 0 radical (unpaired) electrons. The van der Waals surface area contributed by atoms with Gasteiger partial charge in [-0.05, 0) is 35.4 Å². The van der Waals surface area contributed by atoms with Gasteiger partial charge in [0.25, 0.3) is 0 Å². The normalized spacial score (nSPS) is 17.5. The molecule has 1 unspecified atom stereocenters. The van der Waals surface area contributed by atoms with Crippen molar-refractivity contribution in [2.45, 2.75) is 5.92 Å². The van der Waals surface area contributed by atoms with Crippen LogP contribution in [-0.2, 0) is 9.47 Å². The van der Waals surface area contributed by atoms with E-state index in [1.807, 2.05) is 24.3 Å². The summed E-state index contributed by atoms with van der Waals surface area (Å²) in [5, 5.41) is 10.7. The highest BCUT2D eigenvalue weighted by molar-refractivity contribution is 6.35. The molecule has 34 heavy (non-hydrogen) atoms. The van der Waals surface area contributed by atoms with Crippen LogP contribution in [0.4, 0.5) is 5.69 Å². The van der Waals surface area contributed by atoms with Gasteiger partial charge in [0.1, 0.15) is 28.3 Å². The summed E-state index contributed by atoms with van der Waals surface area (Å²) in [7, 11) is 0. The number of allylic oxidation sites excluding steroid dienone is 1. The molecule has 0 saturated carbocycles. The number of nitrogens with two attached hydrogens (primary N) is 2. The van der Waals surface area contributed by atoms with E-state index in [2.05, 4.69) is 11.1 Å². The van der Waals surface area contributed by atoms with Crippen molar-refractivity contribution in [3.8, 4) is 22.9 Å². The number of nitriles is 1. The average Bonchev–Trinajstić information content (AvgIpc) is 2.81. The van der Waals surface area contributed by atoms with Gasteiger partial charge in [0, 0.05) is 23.0 Å². The predicted molar refractivity (Wildman–Crippen MR) is 130 cm³/mol. The summed E-state index contributed by atoms with van der Waals surface area (Å²) < 4.78 is 17.4. The molecule has 9 heteroatoms. The van der Waals surface area contributed by atoms with Gasteiger partial charge in [0.2, 0.25) is 5.88 Å². The van der Waals surface area contributed by atoms with E-state index in [1.54, 1.807) is 30.5 Å². The number of fused-ring (bicyclic) bond motifs is 2. The third-order valence-electron chi connectivity index (χ3n) is 5.71. The molecule has 2 aliphatic rings. The molecule has 0 bridgehead atoms. The molecule has 7 nitrogen and oxygen atoms in total. The Kier molecular flexibility index (Phi) is 5.80. The Balaban J connectivity index is 1.63. The van der Waals surface area contributed by atoms with Crippen LogP contribution >= 0.6 is 23.2 Å². The highest BCUT2D eigenvalue weighted by atomic mass is 35.5. The molecule has 0 spiro atoms. The monoisotopic (exact) mass is 492 g/mol. The summed E-state index contributed by atoms with van der Waals surface area (Å²) in [4.78, 5) is 4.12. The topological polar surface area (TPSA) is 116 Å². The van der Waals surface area contributed by atoms with Gasteiger partial charge >= 0.3 is 0 Å². The van der Waals surface area contributed by atoms with Crippen molar-refractivity contribution < 1.29 is 14.2 Å². The molecule has 5 rings (SSSR count). The zero-order valence-electron chi connectivity index (χ0n) is 17.7. The van der Waals surface area contributed by atoms with Crippen LogP contribution in [0.15, 0.2) is 71.8 Å². The lowest BCUT2D eigenvalue weighted by atomic mass is 9.81. The van der Waals surface area contributed by atoms with Gasteiger partial charge in [0.15, 0.2) is 6.79 Å². The molecule has 0 saturated heterocycles. The largest absolute Gasteiger partial charge is 0.467 e. The molecule has 1 atom stereocenters. The quantitative estimate of drug-likeness (QED) is 0.371. The van der Waals surface area contributed by atoms with Gasteiger partial charge in [-0.15, -0.1) is 0 Å². The number of hydrogen-bond acceptors (Lipinski definition) is 7. The molecule has 170 valence electrons. The Morgan fingerprint density at radius 3 is 2.56 bits per heavy atom. The minimum Gasteiger partial charge on any atom is -0.467 e. The Morgan fingerprint density at radius 1 is 1.03 bits per heavy atom. The van der Waals surface area contributed by atoms with Crippen LogP contribution in [0.1, 0.15) is 17.0 Å². The van der Waals surface area contributed by atoms with E-state index < -0.39 is 5.92 Å². The highest BCUT2D eigenvalue weighted by Gasteiger charge is 2.35. The van der Waals surface area contributed by atoms with Crippen molar-refractivity contribution in [2.24, 2.45) is 5.73 Å². The third kappa shape index (κ3) is 3.93. The fourth-order valence-corrected chi connectivity index (χ4v) is 4.60. The van der Waals surface area contributed by atoms with Crippen LogP contribution in [-0.4, -0.2) is 18.4 Å². The first kappa shape index (κ1) is 22.1. The van der Waals surface area contributed by atoms with Gasteiger partial charge in [0.05, 0.1) is 23.1 Å². The first-order chi connectivity index (χ1) is 16.5. The number of hydrogen-bond donors (Lipinski definition) is 2. The second-order valence-corrected chi connectivity index (χ2v) is 8.55. The molecular formula is C25H18Cl2N4O3. The number of aromatic nitrogens is 1. The molecule has 0 amide bonds. The van der Waals surface area contributed by atoms with Crippen molar-refractivity contribution in [1.29, 1.82) is 5.26 Å². The zero-order valence-corrected chi connectivity index (χ0v) is 19.2. The molecular weight excluding hydrogens is 475 g/mol. The maximum absolute atomic E-state index is 9.93. The SMILES string of the molecule is N#CC1=C(N)OC2=C(COCOc3ccc(N)cc32)C1c1ccc(-c2cnc(Cl)cc2Cl)cc1. The number of rotatable bonds is 2. The molecule has 4 N–H and O–H groups in total. The number of halogens is 2. The Hall–Kier alpha value is -3.70. The molecule has 3 heterocycles. The van der Waals surface area contributed by atoms with Gasteiger partial charge in [-0.3, -0.25) is 0 Å². The van der Waals surface area contributed by atoms with E-state index in [1.165, 1.54) is 0 Å². The van der Waals surface area contributed by atoms with Gasteiger partial charge < -0.3 is 25.7 Å². The smallest absolute Gasteiger partial charge is 0.205 e. The van der Waals surface area contributed by atoms with Crippen LogP contribution in [0.3, 0.4) is 0 Å². The molecule has 2 aromatic carbocycles. The maximum Gasteiger partial charge on any atom is 0.205 e. The van der Waals surface area contributed by atoms with E-state index in [-0.39, 0.29) is 19.3 Å². The number of ether oxygens (including phenoxy) is 3. The minimum atomic E-state index is -0.478. The van der Waals surface area contributed by atoms with E-state index in [0.717, 1.165) is 22.3 Å². The highest BCUT2D eigenvalue weighted by Crippen LogP contribution is 2.45. The first-order valence-electron chi connectivity index (χ1n) is 10.3. The first-order valence-corrected chi connectivity index (χ1v) is 11.0. The number of nitrogens with zero attached hydrogens (tertiary/aromatic N) is 2. The fourth-order valence-electron chi connectivity index (χ4n) is 4.13. The lowest BCUT2D eigenvalue weighted by Gasteiger charge is -2.31. The second-order valence-electron chi connectivity index (χ2n) is 7.75. The summed E-state index contributed by atoms with van der Waals surface area (Å²) in [5.41, 5.74) is 16.9. The van der Waals surface area contributed by atoms with Crippen LogP contribution < -0.4 is 16.2 Å². The van der Waals surface area contributed by atoms with Crippen LogP contribution in [0.2, 0.25) is 10.2 Å². The fraction of sp³-hybridized carbons (Fsp3) is 0.120. The van der Waals surface area contributed by atoms with Gasteiger partial charge in [-0.1, -0.05) is 47.5 Å². The number of nitrogen functional groups attached to an aromatic ring is 1. The Labute approximate surface area is 205 Å². The third-order valence-corrected chi connectivity index (χ3v) is 6.22. The molecule has 0 aliphatic carbocycles. The van der Waals surface area contributed by atoms with Crippen LogP contribution in [0.5, 0.6) is 5.75 Å². The van der Waals surface area contributed by atoms with E-state index in [9.17, 15) is 5.26 Å². The van der Waals surface area contributed by atoms with Gasteiger partial charge in [-0.25, -0.2) is 4.98 Å². The molecule has 3 aromatic rings. The van der Waals surface area contributed by atoms with Crippen LogP contribution in [0.25, 0.3) is 16.9 Å². The molecule has 1 aromatic heterocycles. The van der Waals surface area contributed by atoms with Crippen molar-refractivity contribution in [2.75, 3.05) is 19.1 Å². The van der Waals surface area contributed by atoms with Crippen molar-refractivity contribution in [3.63, 3.8) is 0 Å². The van der Waals surface area contributed by atoms with Crippen molar-refractivity contribution >= 4 is 34.6 Å².